The summed E-state index contributed by atoms with van der Waals surface area (Å²) in [6, 6.07) is 1.77. The van der Waals surface area contributed by atoms with E-state index in [0.717, 1.165) is 38.5 Å². The van der Waals surface area contributed by atoms with Crippen LogP contribution in [-0.2, 0) is 9.53 Å². The van der Waals surface area contributed by atoms with Crippen molar-refractivity contribution in [3.8, 4) is 0 Å². The number of carbonyl (C=O) groups is 1. The summed E-state index contributed by atoms with van der Waals surface area (Å²) in [5.41, 5.74) is 0.584. The minimum absolute atomic E-state index is 0.224. The van der Waals surface area contributed by atoms with Gasteiger partial charge in [-0.1, -0.05) is 0 Å². The van der Waals surface area contributed by atoms with Gasteiger partial charge in [0.25, 0.3) is 0 Å². The minimum Gasteiger partial charge on any atom is -0.480 e. The molecule has 5 nitrogen and oxygen atoms in total. The Labute approximate surface area is 151 Å². The maximum atomic E-state index is 11.1. The van der Waals surface area contributed by atoms with E-state index < -0.39 is 5.97 Å². The molecule has 0 aromatic rings. The average Bonchev–Trinajstić information content (AvgIpc) is 3.36. The summed E-state index contributed by atoms with van der Waals surface area (Å²) in [6.07, 6.45) is 12.7. The Morgan fingerprint density at radius 3 is 2.32 bits per heavy atom. The topological polar surface area (TPSA) is 61.8 Å². The molecule has 2 N–H and O–H groups in total. The van der Waals surface area contributed by atoms with Gasteiger partial charge in [0.2, 0.25) is 0 Å². The van der Waals surface area contributed by atoms with Crippen LogP contribution in [-0.4, -0.2) is 60.4 Å². The summed E-state index contributed by atoms with van der Waals surface area (Å²) in [5, 5.41) is 13.0. The monoisotopic (exact) mass is 350 g/mol. The number of ether oxygens (including phenoxy) is 1. The zero-order valence-electron chi connectivity index (χ0n) is 15.4. The lowest BCUT2D eigenvalue weighted by molar-refractivity contribution is -0.139. The zero-order chi connectivity index (χ0) is 17.3. The summed E-state index contributed by atoms with van der Waals surface area (Å²) < 4.78 is 5.55. The van der Waals surface area contributed by atoms with Gasteiger partial charge in [0, 0.05) is 37.9 Å². The molecule has 1 aliphatic heterocycles. The van der Waals surface area contributed by atoms with E-state index >= 15 is 0 Å². The molecule has 142 valence electrons. The number of nitrogens with zero attached hydrogens (tertiary/aromatic N) is 1. The maximum absolute atomic E-state index is 11.1. The van der Waals surface area contributed by atoms with Crippen LogP contribution in [0.3, 0.4) is 0 Å². The quantitative estimate of drug-likeness (QED) is 0.739. The fourth-order valence-corrected chi connectivity index (χ4v) is 5.21. The van der Waals surface area contributed by atoms with Gasteiger partial charge in [-0.25, -0.2) is 0 Å². The van der Waals surface area contributed by atoms with Crippen LogP contribution in [0.2, 0.25) is 0 Å². The smallest absolute Gasteiger partial charge is 0.317 e. The van der Waals surface area contributed by atoms with Crippen molar-refractivity contribution in [2.75, 3.05) is 26.3 Å². The van der Waals surface area contributed by atoms with E-state index in [4.69, 9.17) is 9.84 Å². The molecule has 4 fully saturated rings. The number of carboxylic acid groups (broad SMARTS) is 1. The van der Waals surface area contributed by atoms with E-state index in [1.54, 1.807) is 0 Å². The first-order chi connectivity index (χ1) is 12.1. The van der Waals surface area contributed by atoms with E-state index in [1.165, 1.54) is 51.4 Å². The van der Waals surface area contributed by atoms with Gasteiger partial charge < -0.3 is 15.2 Å². The van der Waals surface area contributed by atoms with Crippen molar-refractivity contribution in [3.63, 3.8) is 0 Å². The number of hydrogen-bond acceptors (Lipinski definition) is 4. The highest BCUT2D eigenvalue weighted by Gasteiger charge is 2.40. The van der Waals surface area contributed by atoms with E-state index in [-0.39, 0.29) is 6.54 Å². The van der Waals surface area contributed by atoms with Crippen LogP contribution in [0.4, 0.5) is 0 Å². The molecule has 25 heavy (non-hydrogen) atoms. The Kier molecular flexibility index (Phi) is 5.35. The second-order valence-corrected chi connectivity index (χ2v) is 9.14. The second kappa shape index (κ2) is 7.53. The third kappa shape index (κ3) is 4.55. The van der Waals surface area contributed by atoms with Gasteiger partial charge in [0.05, 0.1) is 6.54 Å². The first-order valence-corrected chi connectivity index (χ1v) is 10.4. The van der Waals surface area contributed by atoms with Gasteiger partial charge in [-0.3, -0.25) is 9.69 Å². The largest absolute Gasteiger partial charge is 0.480 e. The van der Waals surface area contributed by atoms with Gasteiger partial charge in [0.1, 0.15) is 0 Å². The fourth-order valence-electron chi connectivity index (χ4n) is 5.21. The number of carboxylic acids is 1. The zero-order valence-corrected chi connectivity index (χ0v) is 15.4. The number of hydrogen-bond donors (Lipinski definition) is 2. The molecule has 1 spiro atoms. The lowest BCUT2D eigenvalue weighted by Gasteiger charge is -2.47. The Morgan fingerprint density at radius 2 is 1.72 bits per heavy atom. The van der Waals surface area contributed by atoms with Crippen LogP contribution in [0, 0.1) is 11.3 Å². The predicted octanol–water partition coefficient (Wildman–Crippen LogP) is 2.64. The standard InChI is InChI=1S/C20H34N2O3/c23-19(24)14-22(13-15-1-2-15)18-11-17(12-18)21-16-3-5-20(6-4-16)7-9-25-10-8-20/h15-18,21H,1-14H2,(H,23,24). The highest BCUT2D eigenvalue weighted by atomic mass is 16.5. The molecule has 5 heteroatoms. The van der Waals surface area contributed by atoms with Crippen molar-refractivity contribution in [2.24, 2.45) is 11.3 Å². The molecule has 3 aliphatic carbocycles. The van der Waals surface area contributed by atoms with Gasteiger partial charge >= 0.3 is 5.97 Å². The van der Waals surface area contributed by atoms with Crippen LogP contribution < -0.4 is 5.32 Å². The van der Waals surface area contributed by atoms with Crippen LogP contribution in [0.25, 0.3) is 0 Å². The molecule has 3 saturated carbocycles. The van der Waals surface area contributed by atoms with Crippen molar-refractivity contribution in [3.05, 3.63) is 0 Å². The maximum Gasteiger partial charge on any atom is 0.317 e. The molecule has 0 aromatic heterocycles. The first-order valence-electron chi connectivity index (χ1n) is 10.4. The normalized spacial score (nSPS) is 32.7. The Balaban J connectivity index is 1.18. The predicted molar refractivity (Wildman–Crippen MR) is 96.6 cm³/mol. The van der Waals surface area contributed by atoms with Gasteiger partial charge in [-0.05, 0) is 75.5 Å². The summed E-state index contributed by atoms with van der Waals surface area (Å²) in [7, 11) is 0. The van der Waals surface area contributed by atoms with Gasteiger partial charge in [-0.2, -0.15) is 0 Å². The van der Waals surface area contributed by atoms with E-state index in [9.17, 15) is 4.79 Å². The third-order valence-corrected chi connectivity index (χ3v) is 7.23. The molecule has 0 amide bonds. The van der Waals surface area contributed by atoms with E-state index in [2.05, 4.69) is 10.2 Å². The molecule has 0 unspecified atom stereocenters. The molecule has 0 atom stereocenters. The van der Waals surface area contributed by atoms with Crippen LogP contribution >= 0.6 is 0 Å². The van der Waals surface area contributed by atoms with Crippen LogP contribution in [0.15, 0.2) is 0 Å². The minimum atomic E-state index is -0.675. The lowest BCUT2D eigenvalue weighted by Crippen LogP contribution is -2.56. The van der Waals surface area contributed by atoms with Crippen molar-refractivity contribution in [1.29, 1.82) is 0 Å². The summed E-state index contributed by atoms with van der Waals surface area (Å²) in [6.45, 7) is 3.14. The highest BCUT2D eigenvalue weighted by molar-refractivity contribution is 5.69. The molecular weight excluding hydrogens is 316 g/mol. The summed E-state index contributed by atoms with van der Waals surface area (Å²) in [4.78, 5) is 13.4. The van der Waals surface area contributed by atoms with E-state index in [1.807, 2.05) is 0 Å². The lowest BCUT2D eigenvalue weighted by atomic mass is 9.67. The van der Waals surface area contributed by atoms with Crippen molar-refractivity contribution < 1.29 is 14.6 Å². The Bertz CT molecular complexity index is 458. The Hall–Kier alpha value is -0.650. The van der Waals surface area contributed by atoms with Crippen LogP contribution in [0.5, 0.6) is 0 Å². The van der Waals surface area contributed by atoms with Crippen molar-refractivity contribution in [2.45, 2.75) is 82.3 Å². The number of aliphatic carboxylic acids is 1. The average molecular weight is 351 g/mol. The molecule has 4 rings (SSSR count). The third-order valence-electron chi connectivity index (χ3n) is 7.23. The SMILES string of the molecule is O=C(O)CN(CC1CC1)C1CC(NC2CCC3(CCOCC3)CC2)C1. The van der Waals surface area contributed by atoms with Gasteiger partial charge in [-0.15, -0.1) is 0 Å². The molecule has 0 bridgehead atoms. The number of rotatable bonds is 7. The Morgan fingerprint density at radius 1 is 1.04 bits per heavy atom. The fraction of sp³-hybridized carbons (Fsp3) is 0.950. The molecule has 0 aromatic carbocycles. The van der Waals surface area contributed by atoms with Gasteiger partial charge in [0.15, 0.2) is 0 Å². The number of nitrogens with one attached hydrogen (secondary N) is 1. The molecule has 1 saturated heterocycles. The first kappa shape index (κ1) is 17.7. The van der Waals surface area contributed by atoms with Crippen molar-refractivity contribution in [1.82, 2.24) is 10.2 Å². The molecule has 1 heterocycles. The second-order valence-electron chi connectivity index (χ2n) is 9.14. The highest BCUT2D eigenvalue weighted by Crippen LogP contribution is 2.44. The van der Waals surface area contributed by atoms with E-state index in [0.29, 0.717) is 23.5 Å². The van der Waals surface area contributed by atoms with Crippen LogP contribution in [0.1, 0.15) is 64.2 Å². The van der Waals surface area contributed by atoms with Crippen molar-refractivity contribution >= 4 is 5.97 Å². The summed E-state index contributed by atoms with van der Waals surface area (Å²) in [5.74, 6) is 0.0893. The molecular formula is C20H34N2O3. The molecule has 4 aliphatic rings. The molecule has 0 radical (unpaired) electrons. The summed E-state index contributed by atoms with van der Waals surface area (Å²) >= 11 is 0.